The maximum Gasteiger partial charge on any atom is 0.306 e. The van der Waals surface area contributed by atoms with Crippen molar-refractivity contribution in [1.29, 1.82) is 0 Å². The molecule has 0 aliphatic carbocycles. The quantitative estimate of drug-likeness (QED) is 0.0455. The van der Waals surface area contributed by atoms with Gasteiger partial charge in [0.2, 0.25) is 0 Å². The molecule has 0 aromatic rings. The van der Waals surface area contributed by atoms with Gasteiger partial charge in [0.05, 0.1) is 13.2 Å². The lowest BCUT2D eigenvalue weighted by molar-refractivity contribution is -0.146. The Bertz CT molecular complexity index is 766. The molecule has 0 aromatic carbocycles. The van der Waals surface area contributed by atoms with E-state index in [1.54, 1.807) is 0 Å². The molecule has 0 spiro atoms. The monoisotopic (exact) mass is 790 g/mol. The van der Waals surface area contributed by atoms with Crippen LogP contribution < -0.4 is 0 Å². The number of piperidine rings is 1. The number of rotatable bonds is 42. The molecule has 0 atom stereocenters. The predicted octanol–water partition coefficient (Wildman–Crippen LogP) is 15.8. The molecule has 56 heavy (non-hydrogen) atoms. The molecule has 0 unspecified atom stereocenters. The second kappa shape index (κ2) is 40.7. The summed E-state index contributed by atoms with van der Waals surface area (Å²) in [6.07, 6.45) is 45.9. The Balaban J connectivity index is 2.22. The number of esters is 2. The largest absolute Gasteiger partial charge is 0.466 e. The molecule has 1 heterocycles. The average Bonchev–Trinajstić information content (AvgIpc) is 3.19. The average molecular weight is 790 g/mol. The molecule has 0 bridgehead atoms. The molecule has 5 nitrogen and oxygen atoms in total. The van der Waals surface area contributed by atoms with Gasteiger partial charge in [-0.2, -0.15) is 0 Å². The Labute approximate surface area is 350 Å². The highest BCUT2D eigenvalue weighted by Crippen LogP contribution is 2.26. The van der Waals surface area contributed by atoms with Gasteiger partial charge in [-0.05, 0) is 102 Å². The molecule has 0 N–H and O–H groups in total. The standard InChI is InChI=1S/C51H99NO4/c1-5-9-22-35-48(36-23-10-6-2)45-50(53)55-43-30-19-15-13-17-26-33-47(39-32-42-52-40-28-21-29-41-52)34-27-18-14-16-20-31-44-56-51(54)46-49(37-24-11-7-3)38-25-12-8-4/h47-49H,5-46H2,1-4H3. The molecule has 1 fully saturated rings. The molecule has 0 aromatic heterocycles. The molecule has 1 aliphatic rings. The summed E-state index contributed by atoms with van der Waals surface area (Å²) in [7, 11) is 0. The van der Waals surface area contributed by atoms with Crippen LogP contribution in [0.5, 0.6) is 0 Å². The smallest absolute Gasteiger partial charge is 0.306 e. The zero-order valence-electron chi connectivity index (χ0n) is 38.5. The van der Waals surface area contributed by atoms with Gasteiger partial charge in [0.25, 0.3) is 0 Å². The van der Waals surface area contributed by atoms with Crippen molar-refractivity contribution in [3.63, 3.8) is 0 Å². The molecule has 0 saturated carbocycles. The number of hydrogen-bond donors (Lipinski definition) is 0. The van der Waals surface area contributed by atoms with Crippen molar-refractivity contribution in [1.82, 2.24) is 4.90 Å². The number of carbonyl (C=O) groups is 2. The van der Waals surface area contributed by atoms with Gasteiger partial charge < -0.3 is 14.4 Å². The predicted molar refractivity (Wildman–Crippen MR) is 242 cm³/mol. The van der Waals surface area contributed by atoms with Crippen LogP contribution in [0.3, 0.4) is 0 Å². The van der Waals surface area contributed by atoms with Crippen LogP contribution in [0, 0.1) is 17.8 Å². The summed E-state index contributed by atoms with van der Waals surface area (Å²) in [6.45, 7) is 14.2. The number of nitrogens with zero attached hydrogens (tertiary/aromatic N) is 1. The van der Waals surface area contributed by atoms with Crippen LogP contribution in [-0.4, -0.2) is 49.7 Å². The zero-order chi connectivity index (χ0) is 40.6. The van der Waals surface area contributed by atoms with E-state index in [0.29, 0.717) is 37.9 Å². The van der Waals surface area contributed by atoms with Crippen LogP contribution in [0.2, 0.25) is 0 Å². The van der Waals surface area contributed by atoms with Crippen LogP contribution in [0.1, 0.15) is 265 Å². The summed E-state index contributed by atoms with van der Waals surface area (Å²) in [5, 5.41) is 0. The number of likely N-dealkylation sites (tertiary alicyclic amines) is 1. The van der Waals surface area contributed by atoms with E-state index in [9.17, 15) is 9.59 Å². The molecular weight excluding hydrogens is 691 g/mol. The summed E-state index contributed by atoms with van der Waals surface area (Å²) in [5.74, 6) is 2.01. The molecule has 332 valence electrons. The highest BCUT2D eigenvalue weighted by atomic mass is 16.5. The van der Waals surface area contributed by atoms with Crippen molar-refractivity contribution in [2.45, 2.75) is 265 Å². The number of unbranched alkanes of at least 4 members (excludes halogenated alkanes) is 18. The second-order valence-corrected chi connectivity index (χ2v) is 18.3. The van der Waals surface area contributed by atoms with Gasteiger partial charge in [0, 0.05) is 12.8 Å². The van der Waals surface area contributed by atoms with Crippen molar-refractivity contribution in [2.75, 3.05) is 32.8 Å². The first-order chi connectivity index (χ1) is 27.5. The Morgan fingerprint density at radius 3 is 1.11 bits per heavy atom. The maximum absolute atomic E-state index is 12.6. The van der Waals surface area contributed by atoms with Crippen LogP contribution in [0.25, 0.3) is 0 Å². The molecule has 1 aliphatic heterocycles. The fourth-order valence-electron chi connectivity index (χ4n) is 9.09. The van der Waals surface area contributed by atoms with Crippen LogP contribution in [-0.2, 0) is 19.1 Å². The summed E-state index contributed by atoms with van der Waals surface area (Å²) >= 11 is 0. The minimum Gasteiger partial charge on any atom is -0.466 e. The third-order valence-electron chi connectivity index (χ3n) is 12.8. The number of ether oxygens (including phenoxy) is 2. The Morgan fingerprint density at radius 1 is 0.393 bits per heavy atom. The van der Waals surface area contributed by atoms with E-state index in [-0.39, 0.29) is 11.9 Å². The van der Waals surface area contributed by atoms with E-state index >= 15 is 0 Å². The zero-order valence-corrected chi connectivity index (χ0v) is 38.5. The lowest BCUT2D eigenvalue weighted by atomic mass is 9.90. The van der Waals surface area contributed by atoms with Crippen molar-refractivity contribution >= 4 is 11.9 Å². The third-order valence-corrected chi connectivity index (χ3v) is 12.8. The van der Waals surface area contributed by atoms with Crippen LogP contribution in [0.15, 0.2) is 0 Å². The van der Waals surface area contributed by atoms with E-state index in [4.69, 9.17) is 9.47 Å². The summed E-state index contributed by atoms with van der Waals surface area (Å²) in [6, 6.07) is 0. The van der Waals surface area contributed by atoms with Gasteiger partial charge in [-0.1, -0.05) is 188 Å². The van der Waals surface area contributed by atoms with Crippen molar-refractivity contribution < 1.29 is 19.1 Å². The SMILES string of the molecule is CCCCCC(CCCCC)CC(=O)OCCCCCCCCC(CCCCCCCCOC(=O)CC(CCCCC)CCCCC)CCCN1CCCCC1. The van der Waals surface area contributed by atoms with E-state index < -0.39 is 0 Å². The molecule has 1 rings (SSSR count). The van der Waals surface area contributed by atoms with Crippen molar-refractivity contribution in [2.24, 2.45) is 17.8 Å². The highest BCUT2D eigenvalue weighted by molar-refractivity contribution is 5.70. The Kier molecular flexibility index (Phi) is 38.4. The third kappa shape index (κ3) is 33.8. The molecular formula is C51H99NO4. The minimum atomic E-state index is 0.0432. The summed E-state index contributed by atoms with van der Waals surface area (Å²) in [4.78, 5) is 27.8. The fraction of sp³-hybridized carbons (Fsp3) is 0.961. The van der Waals surface area contributed by atoms with Crippen molar-refractivity contribution in [3.05, 3.63) is 0 Å². The van der Waals surface area contributed by atoms with Crippen LogP contribution >= 0.6 is 0 Å². The Hall–Kier alpha value is -1.10. The Morgan fingerprint density at radius 2 is 0.714 bits per heavy atom. The molecule has 0 amide bonds. The lowest BCUT2D eigenvalue weighted by Crippen LogP contribution is -2.30. The van der Waals surface area contributed by atoms with Gasteiger partial charge in [-0.3, -0.25) is 9.59 Å². The summed E-state index contributed by atoms with van der Waals surface area (Å²) in [5.41, 5.74) is 0. The van der Waals surface area contributed by atoms with E-state index in [1.165, 1.54) is 232 Å². The number of hydrogen-bond acceptors (Lipinski definition) is 5. The van der Waals surface area contributed by atoms with Gasteiger partial charge >= 0.3 is 11.9 Å². The first-order valence-corrected chi connectivity index (χ1v) is 25.6. The van der Waals surface area contributed by atoms with Gasteiger partial charge in [-0.25, -0.2) is 0 Å². The molecule has 5 heteroatoms. The maximum atomic E-state index is 12.6. The van der Waals surface area contributed by atoms with E-state index in [2.05, 4.69) is 32.6 Å². The first kappa shape index (κ1) is 52.9. The molecule has 0 radical (unpaired) electrons. The van der Waals surface area contributed by atoms with Gasteiger partial charge in [-0.15, -0.1) is 0 Å². The van der Waals surface area contributed by atoms with E-state index in [1.807, 2.05) is 0 Å². The molecule has 1 saturated heterocycles. The minimum absolute atomic E-state index is 0.0432. The van der Waals surface area contributed by atoms with Crippen molar-refractivity contribution in [3.8, 4) is 0 Å². The number of carbonyl (C=O) groups excluding carboxylic acids is 2. The van der Waals surface area contributed by atoms with Crippen LogP contribution in [0.4, 0.5) is 0 Å². The normalized spacial score (nSPS) is 13.7. The van der Waals surface area contributed by atoms with E-state index in [0.717, 1.165) is 18.8 Å². The topological polar surface area (TPSA) is 55.8 Å². The first-order valence-electron chi connectivity index (χ1n) is 25.6. The fourth-order valence-corrected chi connectivity index (χ4v) is 9.09. The van der Waals surface area contributed by atoms with Gasteiger partial charge in [0.15, 0.2) is 0 Å². The second-order valence-electron chi connectivity index (χ2n) is 18.3. The van der Waals surface area contributed by atoms with Gasteiger partial charge in [0.1, 0.15) is 0 Å². The summed E-state index contributed by atoms with van der Waals surface area (Å²) < 4.78 is 11.4. The highest BCUT2D eigenvalue weighted by Gasteiger charge is 2.17. The lowest BCUT2D eigenvalue weighted by Gasteiger charge is -2.27.